The summed E-state index contributed by atoms with van der Waals surface area (Å²) in [6.07, 6.45) is 0. The van der Waals surface area contributed by atoms with Gasteiger partial charge >= 0.3 is 11.9 Å². The van der Waals surface area contributed by atoms with Crippen LogP contribution in [0.3, 0.4) is 0 Å². The van der Waals surface area contributed by atoms with Crippen LogP contribution in [0.5, 0.6) is 0 Å². The highest BCUT2D eigenvalue weighted by molar-refractivity contribution is 5.77. The minimum absolute atomic E-state index is 0.154. The molecule has 0 bridgehead atoms. The Bertz CT molecular complexity index is 462. The van der Waals surface area contributed by atoms with Gasteiger partial charge in [0.25, 0.3) is 0 Å². The van der Waals surface area contributed by atoms with Crippen molar-refractivity contribution in [1.82, 2.24) is 0 Å². The molecule has 7 heteroatoms. The first kappa shape index (κ1) is 19.0. The SMILES string of the molecule is CC(N)(CO)C(=O)O.CC(c1ccccc1)C(N)C(=O)O. The third kappa shape index (κ3) is 6.35. The fourth-order valence-corrected chi connectivity index (χ4v) is 1.25. The van der Waals surface area contributed by atoms with Crippen LogP contribution in [0, 0.1) is 0 Å². The van der Waals surface area contributed by atoms with E-state index < -0.39 is 30.1 Å². The van der Waals surface area contributed by atoms with Crippen LogP contribution in [0.1, 0.15) is 25.3 Å². The molecule has 0 spiro atoms. The molecular formula is C14H22N2O5. The van der Waals surface area contributed by atoms with E-state index >= 15 is 0 Å². The molecule has 0 saturated heterocycles. The number of carboxylic acid groups (broad SMARTS) is 2. The maximum Gasteiger partial charge on any atom is 0.325 e. The number of aliphatic hydroxyl groups excluding tert-OH is 1. The fourth-order valence-electron chi connectivity index (χ4n) is 1.25. The molecule has 7 N–H and O–H groups in total. The lowest BCUT2D eigenvalue weighted by molar-refractivity contribution is -0.144. The maximum atomic E-state index is 10.6. The first-order valence-electron chi connectivity index (χ1n) is 6.30. The summed E-state index contributed by atoms with van der Waals surface area (Å²) in [5.74, 6) is -2.31. The van der Waals surface area contributed by atoms with Crippen molar-refractivity contribution in [2.45, 2.75) is 31.3 Å². The average molecular weight is 298 g/mol. The topological polar surface area (TPSA) is 147 Å². The van der Waals surface area contributed by atoms with E-state index in [-0.39, 0.29) is 5.92 Å². The van der Waals surface area contributed by atoms with Crippen molar-refractivity contribution < 1.29 is 24.9 Å². The third-order valence-electron chi connectivity index (χ3n) is 2.97. The second-order valence-electron chi connectivity index (χ2n) is 4.94. The van der Waals surface area contributed by atoms with E-state index in [1.807, 2.05) is 37.3 Å². The summed E-state index contributed by atoms with van der Waals surface area (Å²) in [7, 11) is 0. The van der Waals surface area contributed by atoms with Gasteiger partial charge in [0.15, 0.2) is 0 Å². The van der Waals surface area contributed by atoms with E-state index in [1.165, 1.54) is 6.92 Å². The zero-order valence-corrected chi connectivity index (χ0v) is 12.1. The van der Waals surface area contributed by atoms with Gasteiger partial charge in [-0.2, -0.15) is 0 Å². The normalized spacial score (nSPS) is 15.9. The van der Waals surface area contributed by atoms with Gasteiger partial charge in [0, 0.05) is 5.92 Å². The van der Waals surface area contributed by atoms with Crippen LogP contribution in [-0.2, 0) is 9.59 Å². The van der Waals surface area contributed by atoms with Gasteiger partial charge in [0.2, 0.25) is 0 Å². The maximum absolute atomic E-state index is 10.6. The summed E-state index contributed by atoms with van der Waals surface area (Å²) in [6, 6.07) is 8.58. The molecule has 3 atom stereocenters. The molecule has 21 heavy (non-hydrogen) atoms. The Kier molecular flexibility index (Phi) is 7.57. The van der Waals surface area contributed by atoms with Gasteiger partial charge in [-0.3, -0.25) is 9.59 Å². The third-order valence-corrected chi connectivity index (χ3v) is 2.97. The summed E-state index contributed by atoms with van der Waals surface area (Å²) in [5.41, 5.74) is 9.97. The average Bonchev–Trinajstić information content (AvgIpc) is 2.47. The van der Waals surface area contributed by atoms with Gasteiger partial charge in [-0.15, -0.1) is 0 Å². The molecule has 0 amide bonds. The van der Waals surface area contributed by atoms with E-state index in [0.29, 0.717) is 0 Å². The molecular weight excluding hydrogens is 276 g/mol. The molecule has 0 aliphatic carbocycles. The second-order valence-corrected chi connectivity index (χ2v) is 4.94. The summed E-state index contributed by atoms with van der Waals surface area (Å²) in [4.78, 5) is 20.6. The van der Waals surface area contributed by atoms with Gasteiger partial charge in [-0.25, -0.2) is 0 Å². The lowest BCUT2D eigenvalue weighted by Gasteiger charge is -2.15. The van der Waals surface area contributed by atoms with E-state index in [2.05, 4.69) is 0 Å². The molecule has 0 saturated carbocycles. The molecule has 118 valence electrons. The van der Waals surface area contributed by atoms with Gasteiger partial charge in [0.1, 0.15) is 11.6 Å². The molecule has 0 heterocycles. The predicted octanol–water partition coefficient (Wildman–Crippen LogP) is -0.0173. The van der Waals surface area contributed by atoms with Crippen LogP contribution >= 0.6 is 0 Å². The van der Waals surface area contributed by atoms with Crippen molar-refractivity contribution in [3.05, 3.63) is 35.9 Å². The van der Waals surface area contributed by atoms with Crippen molar-refractivity contribution >= 4 is 11.9 Å². The number of hydrogen-bond acceptors (Lipinski definition) is 5. The van der Waals surface area contributed by atoms with E-state index in [1.54, 1.807) is 0 Å². The van der Waals surface area contributed by atoms with Crippen molar-refractivity contribution in [1.29, 1.82) is 0 Å². The van der Waals surface area contributed by atoms with Gasteiger partial charge < -0.3 is 26.8 Å². The van der Waals surface area contributed by atoms with Crippen molar-refractivity contribution in [2.75, 3.05) is 6.61 Å². The monoisotopic (exact) mass is 298 g/mol. The number of nitrogens with two attached hydrogens (primary N) is 2. The Balaban J connectivity index is 0.000000433. The lowest BCUT2D eigenvalue weighted by Crippen LogP contribution is -2.48. The minimum Gasteiger partial charge on any atom is -0.480 e. The molecule has 1 aromatic rings. The van der Waals surface area contributed by atoms with E-state index in [0.717, 1.165) is 5.56 Å². The van der Waals surface area contributed by atoms with Crippen molar-refractivity contribution in [3.8, 4) is 0 Å². The quantitative estimate of drug-likeness (QED) is 0.513. The number of rotatable bonds is 5. The number of aliphatic hydroxyl groups is 1. The van der Waals surface area contributed by atoms with Crippen LogP contribution in [0.15, 0.2) is 30.3 Å². The van der Waals surface area contributed by atoms with Gasteiger partial charge in [-0.05, 0) is 12.5 Å². The second kappa shape index (κ2) is 8.35. The molecule has 0 aromatic heterocycles. The Morgan fingerprint density at radius 3 is 2.00 bits per heavy atom. The van der Waals surface area contributed by atoms with Crippen LogP contribution in [-0.4, -0.2) is 45.4 Å². The number of carboxylic acids is 2. The summed E-state index contributed by atoms with van der Waals surface area (Å²) >= 11 is 0. The highest BCUT2D eigenvalue weighted by Crippen LogP contribution is 2.17. The molecule has 7 nitrogen and oxygen atoms in total. The largest absolute Gasteiger partial charge is 0.480 e. The standard InChI is InChI=1S/C10H13NO2.C4H9NO3/c1-7(9(11)10(12)13)8-5-3-2-4-6-8;1-4(5,2-6)3(7)8/h2-7,9H,11H2,1H3,(H,12,13);6H,2,5H2,1H3,(H,7,8). The van der Waals surface area contributed by atoms with Gasteiger partial charge in [0.05, 0.1) is 6.61 Å². The van der Waals surface area contributed by atoms with Crippen molar-refractivity contribution in [2.24, 2.45) is 11.5 Å². The Morgan fingerprint density at radius 1 is 1.24 bits per heavy atom. The summed E-state index contributed by atoms with van der Waals surface area (Å²) < 4.78 is 0. The van der Waals surface area contributed by atoms with E-state index in [9.17, 15) is 9.59 Å². The predicted molar refractivity (Wildman–Crippen MR) is 77.8 cm³/mol. The lowest BCUT2D eigenvalue weighted by atomic mass is 9.94. The molecule has 0 radical (unpaired) electrons. The number of hydrogen-bond donors (Lipinski definition) is 5. The molecule has 0 fully saturated rings. The molecule has 0 aliphatic heterocycles. The molecule has 1 aromatic carbocycles. The van der Waals surface area contributed by atoms with Crippen LogP contribution in [0.4, 0.5) is 0 Å². The highest BCUT2D eigenvalue weighted by atomic mass is 16.4. The van der Waals surface area contributed by atoms with Crippen LogP contribution < -0.4 is 11.5 Å². The summed E-state index contributed by atoms with van der Waals surface area (Å²) in [6.45, 7) is 2.52. The number of benzene rings is 1. The highest BCUT2D eigenvalue weighted by Gasteiger charge is 2.26. The Labute approximate surface area is 123 Å². The Hall–Kier alpha value is -1.96. The number of carbonyl (C=O) groups is 2. The van der Waals surface area contributed by atoms with Gasteiger partial charge in [-0.1, -0.05) is 37.3 Å². The summed E-state index contributed by atoms with van der Waals surface area (Å²) in [5, 5.41) is 25.1. The fraction of sp³-hybridized carbons (Fsp3) is 0.429. The van der Waals surface area contributed by atoms with E-state index in [4.69, 9.17) is 26.8 Å². The molecule has 0 aliphatic rings. The van der Waals surface area contributed by atoms with Crippen LogP contribution in [0.25, 0.3) is 0 Å². The van der Waals surface area contributed by atoms with Crippen molar-refractivity contribution in [3.63, 3.8) is 0 Å². The molecule has 1 rings (SSSR count). The minimum atomic E-state index is -1.49. The smallest absolute Gasteiger partial charge is 0.325 e. The van der Waals surface area contributed by atoms with Crippen LogP contribution in [0.2, 0.25) is 0 Å². The first-order valence-corrected chi connectivity index (χ1v) is 6.30. The zero-order chi connectivity index (χ0) is 16.6. The molecule has 3 unspecified atom stereocenters. The first-order chi connectivity index (χ1) is 9.63. The number of aliphatic carboxylic acids is 2. The zero-order valence-electron chi connectivity index (χ0n) is 12.1. The Morgan fingerprint density at radius 2 is 1.71 bits per heavy atom.